The van der Waals surface area contributed by atoms with Crippen LogP contribution >= 0.6 is 0 Å². The number of nitrogens with one attached hydrogen (secondary N) is 2. The van der Waals surface area contributed by atoms with Gasteiger partial charge < -0.3 is 4.98 Å². The minimum absolute atomic E-state index is 0.0664. The number of fused-ring (bicyclic) bond motifs is 1. The van der Waals surface area contributed by atoms with Crippen LogP contribution in [0.1, 0.15) is 34.9 Å². The van der Waals surface area contributed by atoms with E-state index in [1.165, 1.54) is 12.3 Å². The molecule has 3 aromatic heterocycles. The predicted octanol–water partition coefficient (Wildman–Crippen LogP) is 2.63. The Morgan fingerprint density at radius 3 is 2.69 bits per heavy atom. The number of hydrogen-bond acceptors (Lipinski definition) is 4. The van der Waals surface area contributed by atoms with E-state index in [-0.39, 0.29) is 28.9 Å². The number of imidazole rings is 1. The number of hydrogen-bond donors (Lipinski definition) is 2. The number of H-pyrrole nitrogens is 2. The van der Waals surface area contributed by atoms with E-state index in [0.717, 1.165) is 16.3 Å². The third-order valence-corrected chi connectivity index (χ3v) is 5.30. The van der Waals surface area contributed by atoms with Gasteiger partial charge in [0.05, 0.1) is 17.5 Å². The van der Waals surface area contributed by atoms with Gasteiger partial charge in [0.15, 0.2) is 5.65 Å². The third-order valence-electron chi connectivity index (χ3n) is 5.30. The van der Waals surface area contributed by atoms with E-state index in [9.17, 15) is 18.4 Å². The van der Waals surface area contributed by atoms with Gasteiger partial charge in [0.25, 0.3) is 5.56 Å². The van der Waals surface area contributed by atoms with E-state index in [2.05, 4.69) is 20.1 Å². The average molecular weight is 395 g/mol. The highest BCUT2D eigenvalue weighted by molar-refractivity contribution is 5.63. The number of rotatable bonds is 3. The standard InChI is InChI=1S/C20H15F2N5O2/c1-9-2-3-10(15(21)4-9)11-5-12(11)13-6-16(14-7-24-20(29)25-19(14)28)26-27-17(22)8-23-18(13)27/h2-4,6-8,11-12H,5H2,1H3,(H2,24,25,28,29)/t11-,12+/m1/s1. The lowest BCUT2D eigenvalue weighted by Crippen LogP contribution is -2.23. The van der Waals surface area contributed by atoms with E-state index in [4.69, 9.17) is 0 Å². The van der Waals surface area contributed by atoms with E-state index >= 15 is 0 Å². The summed E-state index contributed by atoms with van der Waals surface area (Å²) in [7, 11) is 0. The fourth-order valence-electron chi connectivity index (χ4n) is 3.79. The summed E-state index contributed by atoms with van der Waals surface area (Å²) >= 11 is 0. The maximum absolute atomic E-state index is 14.4. The van der Waals surface area contributed by atoms with Crippen LogP contribution in [0.15, 0.2) is 46.2 Å². The van der Waals surface area contributed by atoms with Crippen LogP contribution in [0, 0.1) is 18.7 Å². The summed E-state index contributed by atoms with van der Waals surface area (Å²) in [5.41, 5.74) is 1.45. The molecule has 146 valence electrons. The number of nitrogens with zero attached hydrogens (tertiary/aromatic N) is 3. The molecule has 2 N–H and O–H groups in total. The molecule has 4 aromatic rings. The van der Waals surface area contributed by atoms with E-state index in [1.807, 2.05) is 13.0 Å². The van der Waals surface area contributed by atoms with Gasteiger partial charge in [-0.3, -0.25) is 9.78 Å². The smallest absolute Gasteiger partial charge is 0.313 e. The van der Waals surface area contributed by atoms with Crippen LogP contribution in [0.25, 0.3) is 16.9 Å². The lowest BCUT2D eigenvalue weighted by Gasteiger charge is -2.08. The molecule has 5 rings (SSSR count). The highest BCUT2D eigenvalue weighted by Crippen LogP contribution is 2.56. The van der Waals surface area contributed by atoms with Crippen molar-refractivity contribution in [1.82, 2.24) is 24.6 Å². The molecule has 29 heavy (non-hydrogen) atoms. The summed E-state index contributed by atoms with van der Waals surface area (Å²) in [5, 5.41) is 4.16. The Balaban J connectivity index is 1.64. The van der Waals surface area contributed by atoms with Gasteiger partial charge in [0, 0.05) is 11.8 Å². The van der Waals surface area contributed by atoms with E-state index in [1.54, 1.807) is 12.1 Å². The highest BCUT2D eigenvalue weighted by Gasteiger charge is 2.43. The Morgan fingerprint density at radius 2 is 1.93 bits per heavy atom. The molecule has 0 radical (unpaired) electrons. The maximum Gasteiger partial charge on any atom is 0.325 e. The molecule has 1 aliphatic rings. The minimum Gasteiger partial charge on any atom is -0.313 e. The molecule has 0 bridgehead atoms. The molecule has 1 saturated carbocycles. The molecule has 0 saturated heterocycles. The van der Waals surface area contributed by atoms with E-state index < -0.39 is 17.2 Å². The van der Waals surface area contributed by atoms with Gasteiger partial charge in [-0.1, -0.05) is 12.1 Å². The van der Waals surface area contributed by atoms with Crippen LogP contribution in [-0.2, 0) is 0 Å². The van der Waals surface area contributed by atoms with Crippen LogP contribution in [0.5, 0.6) is 0 Å². The predicted molar refractivity (Wildman–Crippen MR) is 101 cm³/mol. The zero-order valence-corrected chi connectivity index (χ0v) is 15.2. The van der Waals surface area contributed by atoms with Crippen molar-refractivity contribution in [2.45, 2.75) is 25.2 Å². The number of aromatic amines is 2. The number of halogens is 2. The molecule has 7 nitrogen and oxygen atoms in total. The quantitative estimate of drug-likeness (QED) is 0.557. The van der Waals surface area contributed by atoms with Crippen LogP contribution in [0.3, 0.4) is 0 Å². The summed E-state index contributed by atoms with van der Waals surface area (Å²) in [6.07, 6.45) is 2.96. The first-order valence-corrected chi connectivity index (χ1v) is 9.05. The largest absolute Gasteiger partial charge is 0.325 e. The molecule has 0 amide bonds. The normalized spacial score (nSPS) is 18.3. The second kappa shape index (κ2) is 6.20. The van der Waals surface area contributed by atoms with Gasteiger partial charge >= 0.3 is 5.69 Å². The van der Waals surface area contributed by atoms with Crippen molar-refractivity contribution in [3.05, 3.63) is 86.0 Å². The fourth-order valence-corrected chi connectivity index (χ4v) is 3.79. The van der Waals surface area contributed by atoms with Crippen LogP contribution in [0.2, 0.25) is 0 Å². The van der Waals surface area contributed by atoms with Crippen molar-refractivity contribution in [2.75, 3.05) is 0 Å². The molecule has 1 fully saturated rings. The Labute approximate surface area is 162 Å². The lowest BCUT2D eigenvalue weighted by atomic mass is 10.0. The SMILES string of the molecule is Cc1ccc([C@H]2C[C@@H]2c2cc(-c3c[nH]c(=O)[nH]c3=O)nn3c(F)cnc23)c(F)c1. The molecular weight excluding hydrogens is 380 g/mol. The van der Waals surface area contributed by atoms with Crippen LogP contribution < -0.4 is 11.2 Å². The van der Waals surface area contributed by atoms with Crippen LogP contribution in [0.4, 0.5) is 8.78 Å². The molecule has 0 spiro atoms. The van der Waals surface area contributed by atoms with Gasteiger partial charge in [-0.25, -0.2) is 14.2 Å². The summed E-state index contributed by atoms with van der Waals surface area (Å²) in [4.78, 5) is 32.1. The second-order valence-corrected chi connectivity index (χ2v) is 7.26. The molecule has 0 aliphatic heterocycles. The molecular formula is C20H15F2N5O2. The Hall–Kier alpha value is -3.62. The fraction of sp³-hybridized carbons (Fsp3) is 0.200. The molecule has 3 heterocycles. The maximum atomic E-state index is 14.4. The summed E-state index contributed by atoms with van der Waals surface area (Å²) in [6, 6.07) is 6.78. The van der Waals surface area contributed by atoms with Crippen molar-refractivity contribution < 1.29 is 8.78 Å². The summed E-state index contributed by atoms with van der Waals surface area (Å²) < 4.78 is 29.7. The zero-order chi connectivity index (χ0) is 20.3. The first kappa shape index (κ1) is 17.5. The van der Waals surface area contributed by atoms with E-state index in [0.29, 0.717) is 23.2 Å². The van der Waals surface area contributed by atoms with Gasteiger partial charge in [-0.15, -0.1) is 0 Å². The monoisotopic (exact) mass is 395 g/mol. The van der Waals surface area contributed by atoms with Crippen molar-refractivity contribution in [3.8, 4) is 11.3 Å². The summed E-state index contributed by atoms with van der Waals surface area (Å²) in [6.45, 7) is 1.82. The van der Waals surface area contributed by atoms with Gasteiger partial charge in [0.2, 0.25) is 5.95 Å². The third kappa shape index (κ3) is 2.86. The molecule has 1 aliphatic carbocycles. The number of aromatic nitrogens is 5. The topological polar surface area (TPSA) is 95.9 Å². The first-order valence-electron chi connectivity index (χ1n) is 9.05. The number of benzene rings is 1. The molecule has 9 heteroatoms. The molecule has 0 unspecified atom stereocenters. The molecule has 1 aromatic carbocycles. The van der Waals surface area contributed by atoms with Gasteiger partial charge in [-0.05, 0) is 48.4 Å². The first-order chi connectivity index (χ1) is 13.9. The van der Waals surface area contributed by atoms with Crippen LogP contribution in [-0.4, -0.2) is 24.6 Å². The Kier molecular flexibility index (Phi) is 3.73. The van der Waals surface area contributed by atoms with Crippen molar-refractivity contribution in [2.24, 2.45) is 0 Å². The highest BCUT2D eigenvalue weighted by atomic mass is 19.1. The second-order valence-electron chi connectivity index (χ2n) is 7.26. The molecule has 2 atom stereocenters. The van der Waals surface area contributed by atoms with Crippen molar-refractivity contribution in [1.29, 1.82) is 0 Å². The summed E-state index contributed by atoms with van der Waals surface area (Å²) in [5.74, 6) is -1.10. The Bertz CT molecular complexity index is 1390. The van der Waals surface area contributed by atoms with Gasteiger partial charge in [0.1, 0.15) is 5.82 Å². The van der Waals surface area contributed by atoms with Crippen molar-refractivity contribution in [3.63, 3.8) is 0 Å². The van der Waals surface area contributed by atoms with Gasteiger partial charge in [-0.2, -0.15) is 14.0 Å². The zero-order valence-electron chi connectivity index (χ0n) is 15.2. The minimum atomic E-state index is -0.678. The average Bonchev–Trinajstić information content (AvgIpc) is 3.37. The lowest BCUT2D eigenvalue weighted by molar-refractivity contribution is 0.549. The van der Waals surface area contributed by atoms with Crippen molar-refractivity contribution >= 4 is 5.65 Å². The number of aryl methyl sites for hydroxylation is 1. The Morgan fingerprint density at radius 1 is 1.14 bits per heavy atom.